The van der Waals surface area contributed by atoms with E-state index in [1.54, 1.807) is 5.20 Å². The normalized spacial score (nSPS) is 35.9. The molecule has 0 aliphatic heterocycles. The molecule has 2 aliphatic carbocycles. The van der Waals surface area contributed by atoms with Crippen LogP contribution in [0.3, 0.4) is 0 Å². The summed E-state index contributed by atoms with van der Waals surface area (Å²) in [6.07, 6.45) is 10.6. The van der Waals surface area contributed by atoms with Crippen molar-refractivity contribution in [2.75, 3.05) is 0 Å². The van der Waals surface area contributed by atoms with Crippen molar-refractivity contribution in [2.45, 2.75) is 45.3 Å². The van der Waals surface area contributed by atoms with E-state index in [9.17, 15) is 0 Å². The maximum Gasteiger partial charge on any atom is 0.0728 e. The van der Waals surface area contributed by atoms with Crippen LogP contribution in [-0.4, -0.2) is 8.07 Å². The zero-order valence-corrected chi connectivity index (χ0v) is 11.4. The third-order valence-corrected chi connectivity index (χ3v) is 6.44. The van der Waals surface area contributed by atoms with Gasteiger partial charge < -0.3 is 0 Å². The lowest BCUT2D eigenvalue weighted by atomic mass is 9.77. The minimum atomic E-state index is -1.11. The Bertz CT molecular complexity index is 282. The molecule has 1 fully saturated rings. The van der Waals surface area contributed by atoms with Crippen LogP contribution in [0.5, 0.6) is 0 Å². The Hall–Kier alpha value is -0.303. The highest BCUT2D eigenvalue weighted by Gasteiger charge is 2.40. The van der Waals surface area contributed by atoms with Crippen molar-refractivity contribution in [3.05, 3.63) is 23.9 Å². The highest BCUT2D eigenvalue weighted by atomic mass is 28.3. The van der Waals surface area contributed by atoms with Crippen LogP contribution in [0.1, 0.15) is 25.7 Å². The third kappa shape index (κ3) is 1.99. The van der Waals surface area contributed by atoms with Gasteiger partial charge >= 0.3 is 0 Å². The number of allylic oxidation sites excluding steroid dienone is 3. The molecule has 0 aromatic heterocycles. The number of rotatable bonds is 2. The van der Waals surface area contributed by atoms with Gasteiger partial charge in [-0.3, -0.25) is 0 Å². The molecule has 1 heteroatoms. The first-order valence-electron chi connectivity index (χ1n) is 6.39. The fourth-order valence-corrected chi connectivity index (χ4v) is 5.51. The Morgan fingerprint density at radius 2 is 1.93 bits per heavy atom. The summed E-state index contributed by atoms with van der Waals surface area (Å²) in [5.41, 5.74) is 0. The summed E-state index contributed by atoms with van der Waals surface area (Å²) >= 11 is 0. The molecule has 0 aromatic carbocycles. The molecule has 0 heterocycles. The average Bonchev–Trinajstić information content (AvgIpc) is 2.55. The maximum absolute atomic E-state index is 4.08. The second-order valence-corrected chi connectivity index (χ2v) is 11.3. The van der Waals surface area contributed by atoms with Crippen LogP contribution in [0, 0.1) is 17.8 Å². The van der Waals surface area contributed by atoms with E-state index in [4.69, 9.17) is 0 Å². The van der Waals surface area contributed by atoms with Gasteiger partial charge in [0.15, 0.2) is 0 Å². The predicted octanol–water partition coefficient (Wildman–Crippen LogP) is 4.41. The van der Waals surface area contributed by atoms with Gasteiger partial charge in [0.05, 0.1) is 8.07 Å². The Labute approximate surface area is 95.5 Å². The van der Waals surface area contributed by atoms with Crippen LogP contribution in [0.15, 0.2) is 23.9 Å². The van der Waals surface area contributed by atoms with Crippen molar-refractivity contribution in [1.82, 2.24) is 0 Å². The molecule has 0 radical (unpaired) electrons. The molecule has 0 amide bonds. The monoisotopic (exact) mass is 220 g/mol. The first kappa shape index (κ1) is 11.2. The molecule has 0 unspecified atom stereocenters. The van der Waals surface area contributed by atoms with E-state index < -0.39 is 8.07 Å². The zero-order chi connectivity index (χ0) is 11.1. The van der Waals surface area contributed by atoms with Gasteiger partial charge in [-0.15, -0.1) is 6.58 Å². The summed E-state index contributed by atoms with van der Waals surface area (Å²) in [5, 5.41) is 1.79. The number of fused-ring (bicyclic) bond motifs is 1. The fraction of sp³-hybridized carbons (Fsp3) is 0.714. The van der Waals surface area contributed by atoms with Crippen molar-refractivity contribution in [2.24, 2.45) is 17.8 Å². The smallest absolute Gasteiger partial charge is 0.0728 e. The van der Waals surface area contributed by atoms with Gasteiger partial charge in [0.25, 0.3) is 0 Å². The molecule has 0 bridgehead atoms. The molecule has 15 heavy (non-hydrogen) atoms. The first-order valence-corrected chi connectivity index (χ1v) is 9.89. The molecular formula is C14H24Si. The number of hydrogen-bond acceptors (Lipinski definition) is 0. The van der Waals surface area contributed by atoms with E-state index in [-0.39, 0.29) is 0 Å². The van der Waals surface area contributed by atoms with Crippen LogP contribution in [0.25, 0.3) is 0 Å². The van der Waals surface area contributed by atoms with Crippen LogP contribution >= 0.6 is 0 Å². The van der Waals surface area contributed by atoms with Crippen LogP contribution < -0.4 is 0 Å². The van der Waals surface area contributed by atoms with E-state index in [1.165, 1.54) is 25.7 Å². The summed E-state index contributed by atoms with van der Waals surface area (Å²) in [6.45, 7) is 11.5. The van der Waals surface area contributed by atoms with Gasteiger partial charge in [-0.05, 0) is 30.6 Å². The van der Waals surface area contributed by atoms with E-state index in [1.807, 2.05) is 0 Å². The minimum Gasteiger partial charge on any atom is -0.102 e. The number of hydrogen-bond donors (Lipinski definition) is 0. The molecular weight excluding hydrogens is 196 g/mol. The molecule has 0 saturated heterocycles. The molecule has 2 rings (SSSR count). The zero-order valence-electron chi connectivity index (χ0n) is 10.4. The van der Waals surface area contributed by atoms with Crippen molar-refractivity contribution >= 4 is 8.07 Å². The molecule has 3 atom stereocenters. The van der Waals surface area contributed by atoms with Crippen molar-refractivity contribution in [3.63, 3.8) is 0 Å². The molecule has 84 valence electrons. The molecule has 1 saturated carbocycles. The second-order valence-electron chi connectivity index (χ2n) is 6.25. The van der Waals surface area contributed by atoms with Crippen LogP contribution in [-0.2, 0) is 0 Å². The lowest BCUT2D eigenvalue weighted by Gasteiger charge is -2.31. The van der Waals surface area contributed by atoms with Gasteiger partial charge in [-0.25, -0.2) is 0 Å². The predicted molar refractivity (Wildman–Crippen MR) is 70.6 cm³/mol. The summed E-state index contributed by atoms with van der Waals surface area (Å²) in [5.74, 6) is 2.53. The maximum atomic E-state index is 4.08. The molecule has 0 N–H and O–H groups in total. The summed E-state index contributed by atoms with van der Waals surface area (Å²) in [4.78, 5) is 0. The Morgan fingerprint density at radius 1 is 1.27 bits per heavy atom. The van der Waals surface area contributed by atoms with Gasteiger partial charge in [0.1, 0.15) is 0 Å². The molecule has 0 spiro atoms. The largest absolute Gasteiger partial charge is 0.102 e. The Balaban J connectivity index is 2.27. The Morgan fingerprint density at radius 3 is 2.53 bits per heavy atom. The summed E-state index contributed by atoms with van der Waals surface area (Å²) in [6, 6.07) is 0. The molecule has 0 aromatic rings. The van der Waals surface area contributed by atoms with Gasteiger partial charge in [0, 0.05) is 0 Å². The molecule has 2 aliphatic rings. The second kappa shape index (κ2) is 3.93. The van der Waals surface area contributed by atoms with E-state index >= 15 is 0 Å². The van der Waals surface area contributed by atoms with Crippen LogP contribution in [0.4, 0.5) is 0 Å². The SMILES string of the molecule is C=C[C@@H]1C([Si](C)(C)C)=C[C@H]2CCCC[C@H]12. The van der Waals surface area contributed by atoms with E-state index in [0.29, 0.717) is 0 Å². The lowest BCUT2D eigenvalue weighted by Crippen LogP contribution is -2.29. The lowest BCUT2D eigenvalue weighted by molar-refractivity contribution is 0.270. The fourth-order valence-electron chi connectivity index (χ4n) is 3.47. The van der Waals surface area contributed by atoms with Crippen LogP contribution in [0.2, 0.25) is 19.6 Å². The van der Waals surface area contributed by atoms with Crippen molar-refractivity contribution < 1.29 is 0 Å². The topological polar surface area (TPSA) is 0 Å². The average molecular weight is 220 g/mol. The first-order chi connectivity index (χ1) is 7.04. The highest BCUT2D eigenvalue weighted by molar-refractivity contribution is 6.83. The minimum absolute atomic E-state index is 0.724. The van der Waals surface area contributed by atoms with Gasteiger partial charge in [-0.1, -0.05) is 49.8 Å². The third-order valence-electron chi connectivity index (χ3n) is 4.21. The van der Waals surface area contributed by atoms with Gasteiger partial charge in [0.2, 0.25) is 0 Å². The Kier molecular flexibility index (Phi) is 2.93. The van der Waals surface area contributed by atoms with Gasteiger partial charge in [-0.2, -0.15) is 0 Å². The van der Waals surface area contributed by atoms with E-state index in [0.717, 1.165) is 17.8 Å². The highest BCUT2D eigenvalue weighted by Crippen LogP contribution is 2.47. The molecule has 0 nitrogen and oxygen atoms in total. The standard InChI is InChI=1S/C14H24Si/c1-5-12-13-9-7-6-8-11(13)10-14(12)15(2,3)4/h5,10-13H,1,6-9H2,2-4H3/t11-,12+,13+/m1/s1. The quantitative estimate of drug-likeness (QED) is 0.477. The van der Waals surface area contributed by atoms with Crippen molar-refractivity contribution in [3.8, 4) is 0 Å². The van der Waals surface area contributed by atoms with Crippen molar-refractivity contribution in [1.29, 1.82) is 0 Å². The summed E-state index contributed by atoms with van der Waals surface area (Å²) < 4.78 is 0. The van der Waals surface area contributed by atoms with E-state index in [2.05, 4.69) is 38.4 Å². The summed E-state index contributed by atoms with van der Waals surface area (Å²) in [7, 11) is -1.11.